The van der Waals surface area contributed by atoms with Gasteiger partial charge < -0.3 is 9.90 Å². The molecule has 0 bridgehead atoms. The van der Waals surface area contributed by atoms with Crippen molar-refractivity contribution in [2.24, 2.45) is 5.92 Å². The van der Waals surface area contributed by atoms with Crippen LogP contribution in [0.25, 0.3) is 0 Å². The molecule has 0 aliphatic carbocycles. The molecule has 0 aliphatic rings. The number of aliphatic carboxylic acids is 1. The zero-order chi connectivity index (χ0) is 16.1. The number of unbranched alkanes of at least 4 members (excludes halogenated alkanes) is 2. The lowest BCUT2D eigenvalue weighted by Crippen LogP contribution is -2.30. The molecule has 0 fully saturated rings. The highest BCUT2D eigenvalue weighted by molar-refractivity contribution is 5.67. The Morgan fingerprint density at radius 1 is 1.19 bits per heavy atom. The number of imidazole rings is 1. The first-order chi connectivity index (χ1) is 10.1. The van der Waals surface area contributed by atoms with Gasteiger partial charge in [0, 0.05) is 5.97 Å². The number of nitrogens with zero attached hydrogens (tertiary/aromatic N) is 2. The number of aryl methyl sites for hydroxylation is 2. The summed E-state index contributed by atoms with van der Waals surface area (Å²) in [4.78, 5) is 10.3. The molecule has 1 aromatic heterocycles. The monoisotopic (exact) mass is 296 g/mol. The van der Waals surface area contributed by atoms with E-state index in [1.165, 1.54) is 12.8 Å². The maximum absolute atomic E-state index is 10.3. The van der Waals surface area contributed by atoms with Gasteiger partial charge in [-0.3, -0.25) is 0 Å². The van der Waals surface area contributed by atoms with Gasteiger partial charge in [-0.15, -0.1) is 0 Å². The molecule has 0 aromatic carbocycles. The molecular formula is C17H32N2O2. The van der Waals surface area contributed by atoms with Gasteiger partial charge in [-0.25, -0.2) is 9.13 Å². The van der Waals surface area contributed by atoms with Crippen LogP contribution in [0.2, 0.25) is 0 Å². The quantitative estimate of drug-likeness (QED) is 0.658. The van der Waals surface area contributed by atoms with Crippen molar-refractivity contribution in [3.63, 3.8) is 0 Å². The molecular weight excluding hydrogens is 264 g/mol. The van der Waals surface area contributed by atoms with Crippen LogP contribution in [0.5, 0.6) is 0 Å². The highest BCUT2D eigenvalue weighted by Gasteiger charge is 2.04. The third kappa shape index (κ3) is 9.27. The molecule has 21 heavy (non-hydrogen) atoms. The van der Waals surface area contributed by atoms with Crippen molar-refractivity contribution in [1.29, 1.82) is 0 Å². The van der Waals surface area contributed by atoms with E-state index in [0.717, 1.165) is 32.4 Å². The van der Waals surface area contributed by atoms with Crippen LogP contribution in [-0.4, -0.2) is 10.5 Å². The Morgan fingerprint density at radius 2 is 1.86 bits per heavy atom. The van der Waals surface area contributed by atoms with Gasteiger partial charge in [0.2, 0.25) is 6.33 Å². The molecule has 0 radical (unpaired) electrons. The molecule has 0 N–H and O–H groups in total. The second-order valence-corrected chi connectivity index (χ2v) is 5.40. The summed E-state index contributed by atoms with van der Waals surface area (Å²) in [6, 6.07) is 0. The minimum atomic E-state index is -0.893. The fraction of sp³-hybridized carbons (Fsp3) is 0.765. The van der Waals surface area contributed by atoms with Gasteiger partial charge in [-0.2, -0.15) is 0 Å². The topological polar surface area (TPSA) is 48.9 Å². The van der Waals surface area contributed by atoms with E-state index in [1.54, 1.807) is 0 Å². The van der Waals surface area contributed by atoms with Gasteiger partial charge in [-0.05, 0) is 32.1 Å². The Kier molecular flexibility index (Phi) is 11.6. The van der Waals surface area contributed by atoms with Gasteiger partial charge in [0.25, 0.3) is 0 Å². The number of carboxylic acid groups (broad SMARTS) is 1. The molecule has 1 aromatic rings. The van der Waals surface area contributed by atoms with Gasteiger partial charge in [0.1, 0.15) is 12.4 Å². The molecule has 0 aliphatic heterocycles. The first-order valence-corrected chi connectivity index (χ1v) is 8.34. The highest BCUT2D eigenvalue weighted by Crippen LogP contribution is 2.10. The Hall–Kier alpha value is -1.32. The van der Waals surface area contributed by atoms with E-state index in [4.69, 9.17) is 0 Å². The molecule has 122 valence electrons. The predicted octanol–water partition coefficient (Wildman–Crippen LogP) is 2.55. The van der Waals surface area contributed by atoms with E-state index in [0.29, 0.717) is 6.42 Å². The van der Waals surface area contributed by atoms with Crippen molar-refractivity contribution >= 4 is 5.97 Å². The first-order valence-electron chi connectivity index (χ1n) is 8.34. The van der Waals surface area contributed by atoms with Crippen LogP contribution < -0.4 is 9.67 Å². The van der Waals surface area contributed by atoms with Gasteiger partial charge >= 0.3 is 0 Å². The zero-order valence-electron chi connectivity index (χ0n) is 14.2. The van der Waals surface area contributed by atoms with E-state index < -0.39 is 5.97 Å². The van der Waals surface area contributed by atoms with Crippen molar-refractivity contribution < 1.29 is 14.5 Å². The van der Waals surface area contributed by atoms with Crippen molar-refractivity contribution in [2.75, 3.05) is 0 Å². The van der Waals surface area contributed by atoms with E-state index in [1.807, 2.05) is 6.92 Å². The van der Waals surface area contributed by atoms with Crippen molar-refractivity contribution in [2.45, 2.75) is 79.3 Å². The number of carboxylic acids is 1. The minimum absolute atomic E-state index is 0.222. The summed E-state index contributed by atoms with van der Waals surface area (Å²) < 4.78 is 4.43. The molecule has 4 nitrogen and oxygen atoms in total. The fourth-order valence-electron chi connectivity index (χ4n) is 2.04. The lowest BCUT2D eigenvalue weighted by Gasteiger charge is -2.14. The Bertz CT molecular complexity index is 375. The summed E-state index contributed by atoms with van der Waals surface area (Å²) >= 11 is 0. The van der Waals surface area contributed by atoms with Crippen LogP contribution in [0.15, 0.2) is 18.7 Å². The minimum Gasteiger partial charge on any atom is -0.550 e. The van der Waals surface area contributed by atoms with Crippen LogP contribution >= 0.6 is 0 Å². The van der Waals surface area contributed by atoms with E-state index in [9.17, 15) is 9.90 Å². The number of hydrogen-bond acceptors (Lipinski definition) is 2. The highest BCUT2D eigenvalue weighted by atomic mass is 16.4. The third-order valence-corrected chi connectivity index (χ3v) is 3.61. The molecule has 1 atom stereocenters. The lowest BCUT2D eigenvalue weighted by atomic mass is 10.00. The average Bonchev–Trinajstić information content (AvgIpc) is 2.94. The fourth-order valence-corrected chi connectivity index (χ4v) is 2.04. The van der Waals surface area contributed by atoms with Crippen LogP contribution in [0.1, 0.15) is 66.2 Å². The molecule has 0 amide bonds. The third-order valence-electron chi connectivity index (χ3n) is 3.61. The van der Waals surface area contributed by atoms with Crippen molar-refractivity contribution in [3.05, 3.63) is 18.7 Å². The summed E-state index contributed by atoms with van der Waals surface area (Å²) in [6.07, 6.45) is 12.5. The van der Waals surface area contributed by atoms with E-state index >= 15 is 0 Å². The summed E-state index contributed by atoms with van der Waals surface area (Å²) in [5.74, 6) is -1.11. The second kappa shape index (κ2) is 12.4. The van der Waals surface area contributed by atoms with Crippen LogP contribution in [0.4, 0.5) is 0 Å². The Morgan fingerprint density at radius 3 is 2.29 bits per heavy atom. The maximum Gasteiger partial charge on any atom is 0.243 e. The molecule has 0 saturated carbocycles. The second-order valence-electron chi connectivity index (χ2n) is 5.40. The molecule has 1 heterocycles. The molecule has 0 spiro atoms. The molecule has 1 unspecified atom stereocenters. The van der Waals surface area contributed by atoms with Gasteiger partial charge in [-0.1, -0.05) is 40.0 Å². The zero-order valence-corrected chi connectivity index (χ0v) is 14.2. The Labute approximate surface area is 129 Å². The van der Waals surface area contributed by atoms with Crippen LogP contribution in [-0.2, 0) is 17.9 Å². The van der Waals surface area contributed by atoms with E-state index in [-0.39, 0.29) is 5.92 Å². The summed E-state index contributed by atoms with van der Waals surface area (Å²) in [7, 11) is 0. The molecule has 0 saturated heterocycles. The van der Waals surface area contributed by atoms with Crippen LogP contribution in [0.3, 0.4) is 0 Å². The number of carbonyl (C=O) groups is 1. The van der Waals surface area contributed by atoms with Gasteiger partial charge in [0.05, 0.1) is 13.1 Å². The van der Waals surface area contributed by atoms with Gasteiger partial charge in [0.15, 0.2) is 0 Å². The largest absolute Gasteiger partial charge is 0.550 e. The normalized spacial score (nSPS) is 11.6. The lowest BCUT2D eigenvalue weighted by molar-refractivity contribution is -0.696. The number of hydrogen-bond donors (Lipinski definition) is 0. The number of aromatic nitrogens is 2. The van der Waals surface area contributed by atoms with E-state index in [2.05, 4.69) is 48.6 Å². The summed E-state index contributed by atoms with van der Waals surface area (Å²) in [5.41, 5.74) is 0. The molecule has 1 rings (SSSR count). The molecule has 4 heteroatoms. The average molecular weight is 296 g/mol. The summed E-state index contributed by atoms with van der Waals surface area (Å²) in [6.45, 7) is 10.5. The summed E-state index contributed by atoms with van der Waals surface area (Å²) in [5, 5.41) is 10.3. The standard InChI is InChI=1S/C9H17N2.C8H16O2/c1-3-5-6-11-8-7-10(4-2)9-11;1-3-5-6-7(4-2)8(9)10/h7-9H,3-6H2,1-2H3;7H,3-6H2,1-2H3,(H,9,10)/q+1;/p-1. The smallest absolute Gasteiger partial charge is 0.243 e. The predicted molar refractivity (Wildman–Crippen MR) is 83.5 cm³/mol. The van der Waals surface area contributed by atoms with Crippen molar-refractivity contribution in [3.8, 4) is 0 Å². The van der Waals surface area contributed by atoms with Crippen molar-refractivity contribution in [1.82, 2.24) is 4.57 Å². The maximum atomic E-state index is 10.3. The number of carbonyl (C=O) groups excluding carboxylic acids is 1. The first kappa shape index (κ1) is 19.7. The number of rotatable bonds is 9. The van der Waals surface area contributed by atoms with Crippen LogP contribution in [0, 0.1) is 5.92 Å². The SMILES string of the molecule is CCCCC(CC)C(=O)[O-].CCCC[n+]1ccn(CC)c1. The Balaban J connectivity index is 0.000000384.